The third-order valence-corrected chi connectivity index (χ3v) is 6.98. The van der Waals surface area contributed by atoms with Crippen molar-refractivity contribution in [3.05, 3.63) is 54.4 Å². The highest BCUT2D eigenvalue weighted by Crippen LogP contribution is 2.32. The van der Waals surface area contributed by atoms with Crippen LogP contribution in [0.4, 0.5) is 17.2 Å². The standard InChI is InChI=1S/C28H33N7O2/c1-21-9-12-34(26-20-25(31-32-28(26)29)24-6-2-3-7-27(24)36)13-14-35(21)23-8-10-30-22(19-23)5-4-11-33-15-17-37-18-16-33/h2-3,6-8,10,19-21,36H,9,11-18H2,1H3,(H2,29,32). The van der Waals surface area contributed by atoms with E-state index in [4.69, 9.17) is 10.5 Å². The van der Waals surface area contributed by atoms with Crippen molar-refractivity contribution in [3.63, 3.8) is 0 Å². The summed E-state index contributed by atoms with van der Waals surface area (Å²) in [6, 6.07) is 13.5. The molecule has 0 radical (unpaired) electrons. The maximum Gasteiger partial charge on any atom is 0.169 e. The number of rotatable bonds is 4. The molecule has 9 heteroatoms. The first kappa shape index (κ1) is 24.8. The number of hydrogen-bond acceptors (Lipinski definition) is 9. The third kappa shape index (κ3) is 5.93. The highest BCUT2D eigenvalue weighted by atomic mass is 16.5. The monoisotopic (exact) mass is 499 g/mol. The van der Waals surface area contributed by atoms with Gasteiger partial charge in [-0.25, -0.2) is 4.98 Å². The van der Waals surface area contributed by atoms with Gasteiger partial charge in [0.15, 0.2) is 5.82 Å². The van der Waals surface area contributed by atoms with Crippen LogP contribution in [-0.4, -0.2) is 83.7 Å². The molecule has 1 unspecified atom stereocenters. The maximum absolute atomic E-state index is 10.3. The van der Waals surface area contributed by atoms with Gasteiger partial charge in [-0.15, -0.1) is 10.2 Å². The molecular weight excluding hydrogens is 466 g/mol. The number of para-hydroxylation sites is 1. The maximum atomic E-state index is 10.3. The Balaban J connectivity index is 1.30. The first-order chi connectivity index (χ1) is 18.1. The molecule has 0 spiro atoms. The van der Waals surface area contributed by atoms with Crippen molar-refractivity contribution < 1.29 is 9.84 Å². The van der Waals surface area contributed by atoms with Gasteiger partial charge in [-0.3, -0.25) is 4.90 Å². The number of hydrogen-bond donors (Lipinski definition) is 2. The molecule has 1 atom stereocenters. The van der Waals surface area contributed by atoms with Crippen molar-refractivity contribution >= 4 is 17.2 Å². The first-order valence-corrected chi connectivity index (χ1v) is 12.8. The highest BCUT2D eigenvalue weighted by Gasteiger charge is 2.24. The lowest BCUT2D eigenvalue weighted by atomic mass is 10.1. The van der Waals surface area contributed by atoms with Crippen LogP contribution in [0.2, 0.25) is 0 Å². The zero-order valence-electron chi connectivity index (χ0n) is 21.2. The summed E-state index contributed by atoms with van der Waals surface area (Å²) in [7, 11) is 0. The quantitative estimate of drug-likeness (QED) is 0.524. The topological polar surface area (TPSA) is 104 Å². The Bertz CT molecular complexity index is 1280. The number of nitrogens with two attached hydrogens (primary N) is 1. The van der Waals surface area contributed by atoms with Gasteiger partial charge in [0.2, 0.25) is 0 Å². The van der Waals surface area contributed by atoms with Crippen LogP contribution in [0.3, 0.4) is 0 Å². The van der Waals surface area contributed by atoms with Crippen molar-refractivity contribution in [2.45, 2.75) is 19.4 Å². The van der Waals surface area contributed by atoms with Crippen molar-refractivity contribution in [1.82, 2.24) is 20.1 Å². The van der Waals surface area contributed by atoms with Gasteiger partial charge in [0.05, 0.1) is 31.1 Å². The molecule has 2 aliphatic rings. The summed E-state index contributed by atoms with van der Waals surface area (Å²) >= 11 is 0. The Morgan fingerprint density at radius 2 is 1.89 bits per heavy atom. The predicted octanol–water partition coefficient (Wildman–Crippen LogP) is 2.62. The summed E-state index contributed by atoms with van der Waals surface area (Å²) in [5, 5.41) is 18.7. The van der Waals surface area contributed by atoms with E-state index in [1.165, 1.54) is 0 Å². The number of phenolic OH excluding ortho intramolecular Hbond substituents is 1. The number of benzene rings is 1. The van der Waals surface area contributed by atoms with E-state index in [9.17, 15) is 5.11 Å². The number of ether oxygens (including phenoxy) is 1. The molecule has 2 saturated heterocycles. The highest BCUT2D eigenvalue weighted by molar-refractivity contribution is 5.74. The van der Waals surface area contributed by atoms with Gasteiger partial charge in [0.25, 0.3) is 0 Å². The van der Waals surface area contributed by atoms with Crippen LogP contribution in [0.15, 0.2) is 48.7 Å². The van der Waals surface area contributed by atoms with E-state index in [1.807, 2.05) is 24.4 Å². The van der Waals surface area contributed by atoms with E-state index in [0.29, 0.717) is 23.1 Å². The fraction of sp³-hybridized carbons (Fsp3) is 0.393. The van der Waals surface area contributed by atoms with Crippen LogP contribution in [0.25, 0.3) is 11.3 Å². The minimum Gasteiger partial charge on any atom is -0.507 e. The van der Waals surface area contributed by atoms with E-state index >= 15 is 0 Å². The summed E-state index contributed by atoms with van der Waals surface area (Å²) in [6.07, 6.45) is 2.79. The number of nitrogens with zero attached hydrogens (tertiary/aromatic N) is 6. The van der Waals surface area contributed by atoms with Gasteiger partial charge >= 0.3 is 0 Å². The molecule has 0 bridgehead atoms. The van der Waals surface area contributed by atoms with E-state index in [1.54, 1.807) is 12.1 Å². The van der Waals surface area contributed by atoms with Crippen LogP contribution in [0, 0.1) is 11.8 Å². The number of aromatic nitrogens is 3. The zero-order valence-corrected chi connectivity index (χ0v) is 21.2. The van der Waals surface area contributed by atoms with Crippen LogP contribution in [-0.2, 0) is 4.74 Å². The molecule has 1 aromatic carbocycles. The molecule has 3 aromatic rings. The first-order valence-electron chi connectivity index (χ1n) is 12.8. The predicted molar refractivity (Wildman–Crippen MR) is 146 cm³/mol. The summed E-state index contributed by atoms with van der Waals surface area (Å²) < 4.78 is 5.41. The molecule has 3 N–H and O–H groups in total. The normalized spacial score (nSPS) is 18.7. The van der Waals surface area contributed by atoms with Crippen molar-refractivity contribution in [3.8, 4) is 28.8 Å². The Morgan fingerprint density at radius 3 is 2.73 bits per heavy atom. The minimum absolute atomic E-state index is 0.171. The van der Waals surface area contributed by atoms with Crippen LogP contribution < -0.4 is 15.5 Å². The number of aromatic hydroxyl groups is 1. The largest absolute Gasteiger partial charge is 0.507 e. The number of nitrogen functional groups attached to an aromatic ring is 1. The molecule has 4 heterocycles. The number of anilines is 3. The second-order valence-corrected chi connectivity index (χ2v) is 9.42. The molecule has 0 saturated carbocycles. The van der Waals surface area contributed by atoms with Gasteiger partial charge in [-0.2, -0.15) is 0 Å². The lowest BCUT2D eigenvalue weighted by Gasteiger charge is -2.29. The Kier molecular flexibility index (Phi) is 7.68. The van der Waals surface area contributed by atoms with E-state index in [0.717, 1.165) is 76.0 Å². The molecule has 37 heavy (non-hydrogen) atoms. The molecule has 9 nitrogen and oxygen atoms in total. The summed E-state index contributed by atoms with van der Waals surface area (Å²) in [5.41, 5.74) is 10.3. The van der Waals surface area contributed by atoms with E-state index in [2.05, 4.69) is 60.8 Å². The van der Waals surface area contributed by atoms with Gasteiger partial charge in [0.1, 0.15) is 11.4 Å². The van der Waals surface area contributed by atoms with Gasteiger partial charge < -0.3 is 25.4 Å². The molecule has 0 amide bonds. The van der Waals surface area contributed by atoms with Crippen molar-refractivity contribution in [2.24, 2.45) is 0 Å². The molecular formula is C28H33N7O2. The second-order valence-electron chi connectivity index (χ2n) is 9.42. The third-order valence-electron chi connectivity index (χ3n) is 6.98. The summed E-state index contributed by atoms with van der Waals surface area (Å²) in [4.78, 5) is 11.4. The smallest absolute Gasteiger partial charge is 0.169 e. The van der Waals surface area contributed by atoms with Gasteiger partial charge in [-0.1, -0.05) is 18.1 Å². The average Bonchev–Trinajstić information content (AvgIpc) is 3.12. The Hall–Kier alpha value is -3.87. The molecule has 2 fully saturated rings. The van der Waals surface area contributed by atoms with E-state index in [-0.39, 0.29) is 5.75 Å². The average molecular weight is 500 g/mol. The SMILES string of the molecule is CC1CCN(c2cc(-c3ccccc3O)nnc2N)CCN1c1ccnc(C#CCN2CCOCC2)c1. The zero-order chi connectivity index (χ0) is 25.6. The molecule has 2 aliphatic heterocycles. The number of morpholine rings is 1. The van der Waals surface area contributed by atoms with Crippen molar-refractivity contribution in [1.29, 1.82) is 0 Å². The fourth-order valence-electron chi connectivity index (χ4n) is 4.82. The van der Waals surface area contributed by atoms with Gasteiger partial charge in [-0.05, 0) is 49.6 Å². The van der Waals surface area contributed by atoms with Crippen LogP contribution >= 0.6 is 0 Å². The lowest BCUT2D eigenvalue weighted by molar-refractivity contribution is 0.0443. The van der Waals surface area contributed by atoms with E-state index < -0.39 is 0 Å². The number of pyridine rings is 1. The molecule has 192 valence electrons. The summed E-state index contributed by atoms with van der Waals surface area (Å²) in [5.74, 6) is 7.07. The van der Waals surface area contributed by atoms with Crippen LogP contribution in [0.5, 0.6) is 5.75 Å². The Morgan fingerprint density at radius 1 is 1.05 bits per heavy atom. The molecule has 2 aromatic heterocycles. The Labute approximate surface area is 217 Å². The van der Waals surface area contributed by atoms with Crippen LogP contribution in [0.1, 0.15) is 19.0 Å². The van der Waals surface area contributed by atoms with Gasteiger partial charge in [0, 0.05) is 56.2 Å². The number of phenols is 1. The summed E-state index contributed by atoms with van der Waals surface area (Å²) in [6.45, 7) is 8.81. The lowest BCUT2D eigenvalue weighted by Crippen LogP contribution is -2.36. The molecule has 5 rings (SSSR count). The fourth-order valence-corrected chi connectivity index (χ4v) is 4.82. The molecule has 0 aliphatic carbocycles. The van der Waals surface area contributed by atoms with Crippen molar-refractivity contribution in [2.75, 3.05) is 68.0 Å². The minimum atomic E-state index is 0.171. The second kappa shape index (κ2) is 11.5.